The smallest absolute Gasteiger partial charge is 0.270 e. The van der Waals surface area contributed by atoms with Crippen molar-refractivity contribution >= 4 is 11.4 Å². The number of alkyl halides is 2. The number of aliphatic hydroxyl groups is 1. The number of nitro benzene ring substituents is 1. The number of hydrogen-bond acceptors (Lipinski definition) is 4. The third-order valence-electron chi connectivity index (χ3n) is 2.55. The number of aliphatic hydroxyl groups excluding tert-OH is 1. The fraction of sp³-hybridized carbons (Fsp3) is 0.455. The van der Waals surface area contributed by atoms with Gasteiger partial charge < -0.3 is 10.0 Å². The van der Waals surface area contributed by atoms with Crippen LogP contribution in [0.5, 0.6) is 0 Å². The molecule has 0 amide bonds. The van der Waals surface area contributed by atoms with Gasteiger partial charge in [0.15, 0.2) is 0 Å². The lowest BCUT2D eigenvalue weighted by Gasteiger charge is -2.24. The minimum absolute atomic E-state index is 0.173. The molecule has 100 valence electrons. The van der Waals surface area contributed by atoms with Crippen molar-refractivity contribution in [1.82, 2.24) is 0 Å². The molecule has 1 aromatic rings. The van der Waals surface area contributed by atoms with E-state index in [4.69, 9.17) is 5.11 Å². The third-order valence-corrected chi connectivity index (χ3v) is 2.55. The van der Waals surface area contributed by atoms with E-state index in [1.54, 1.807) is 11.8 Å². The minimum Gasteiger partial charge on any atom is -0.395 e. The van der Waals surface area contributed by atoms with Crippen molar-refractivity contribution in [3.8, 4) is 0 Å². The zero-order valence-corrected chi connectivity index (χ0v) is 9.84. The highest BCUT2D eigenvalue weighted by Gasteiger charge is 2.20. The first-order valence-corrected chi connectivity index (χ1v) is 5.43. The number of hydrogen-bond donors (Lipinski definition) is 1. The molecule has 1 N–H and O–H groups in total. The summed E-state index contributed by atoms with van der Waals surface area (Å²) in [5.41, 5.74) is -0.541. The van der Waals surface area contributed by atoms with Crippen LogP contribution in [0.3, 0.4) is 0 Å². The zero-order chi connectivity index (χ0) is 13.7. The molecule has 0 atom stereocenters. The lowest BCUT2D eigenvalue weighted by atomic mass is 10.1. The van der Waals surface area contributed by atoms with Crippen molar-refractivity contribution in [2.75, 3.05) is 24.6 Å². The van der Waals surface area contributed by atoms with Crippen molar-refractivity contribution in [1.29, 1.82) is 0 Å². The number of non-ortho nitro benzene ring substituents is 1. The van der Waals surface area contributed by atoms with Crippen LogP contribution in [0.1, 0.15) is 18.9 Å². The normalized spacial score (nSPS) is 10.7. The SMILES string of the molecule is CCN(CCO)c1ccc([N+](=O)[O-])cc1C(F)F. The van der Waals surface area contributed by atoms with Gasteiger partial charge in [-0.25, -0.2) is 8.78 Å². The molecule has 0 saturated heterocycles. The van der Waals surface area contributed by atoms with Crippen LogP contribution in [0.25, 0.3) is 0 Å². The van der Waals surface area contributed by atoms with Gasteiger partial charge in [0.2, 0.25) is 0 Å². The van der Waals surface area contributed by atoms with Gasteiger partial charge in [-0.15, -0.1) is 0 Å². The molecule has 0 aliphatic rings. The van der Waals surface area contributed by atoms with Crippen molar-refractivity contribution in [2.45, 2.75) is 13.3 Å². The number of benzene rings is 1. The van der Waals surface area contributed by atoms with E-state index < -0.39 is 11.3 Å². The highest BCUT2D eigenvalue weighted by atomic mass is 19.3. The molecule has 0 heterocycles. The Morgan fingerprint density at radius 1 is 1.50 bits per heavy atom. The van der Waals surface area contributed by atoms with Crippen LogP contribution >= 0.6 is 0 Å². The minimum atomic E-state index is -2.80. The second kappa shape index (κ2) is 6.25. The van der Waals surface area contributed by atoms with Crippen LogP contribution in [0.4, 0.5) is 20.2 Å². The summed E-state index contributed by atoms with van der Waals surface area (Å²) >= 11 is 0. The van der Waals surface area contributed by atoms with Gasteiger partial charge in [0.25, 0.3) is 12.1 Å². The predicted octanol–water partition coefficient (Wildman–Crippen LogP) is 2.35. The summed E-state index contributed by atoms with van der Waals surface area (Å²) in [7, 11) is 0. The Bertz CT molecular complexity index is 427. The van der Waals surface area contributed by atoms with Gasteiger partial charge in [0.05, 0.1) is 11.5 Å². The molecular formula is C11H14F2N2O3. The summed E-state index contributed by atoms with van der Waals surface area (Å²) in [6, 6.07) is 3.35. The third kappa shape index (κ3) is 3.13. The molecule has 0 radical (unpaired) electrons. The summed E-state index contributed by atoms with van der Waals surface area (Å²) in [5, 5.41) is 19.4. The highest BCUT2D eigenvalue weighted by molar-refractivity contribution is 5.58. The van der Waals surface area contributed by atoms with E-state index >= 15 is 0 Å². The molecule has 0 saturated carbocycles. The van der Waals surface area contributed by atoms with Crippen LogP contribution in [0.15, 0.2) is 18.2 Å². The predicted molar refractivity (Wildman–Crippen MR) is 63.0 cm³/mol. The largest absolute Gasteiger partial charge is 0.395 e. The second-order valence-corrected chi connectivity index (χ2v) is 3.60. The van der Waals surface area contributed by atoms with Crippen LogP contribution in [0, 0.1) is 10.1 Å². The standard InChI is InChI=1S/C11H14F2N2O3/c1-2-14(5-6-16)10-4-3-8(15(17)18)7-9(10)11(12)13/h3-4,7,11,16H,2,5-6H2,1H3. The van der Waals surface area contributed by atoms with Crippen molar-refractivity contribution in [2.24, 2.45) is 0 Å². The molecule has 1 rings (SSSR count). The number of rotatable bonds is 6. The number of likely N-dealkylation sites (N-methyl/N-ethyl adjacent to an activating group) is 1. The molecule has 0 aromatic heterocycles. The average Bonchev–Trinajstić information content (AvgIpc) is 2.35. The van der Waals surface area contributed by atoms with Gasteiger partial charge >= 0.3 is 0 Å². The molecule has 7 heteroatoms. The summed E-state index contributed by atoms with van der Waals surface area (Å²) in [6.07, 6.45) is -2.80. The first-order chi connectivity index (χ1) is 8.51. The van der Waals surface area contributed by atoms with Gasteiger partial charge in [-0.2, -0.15) is 0 Å². The van der Waals surface area contributed by atoms with E-state index in [-0.39, 0.29) is 30.1 Å². The van der Waals surface area contributed by atoms with E-state index in [1.807, 2.05) is 0 Å². The lowest BCUT2D eigenvalue weighted by Crippen LogP contribution is -2.27. The van der Waals surface area contributed by atoms with Gasteiger partial charge in [0.1, 0.15) is 0 Å². The monoisotopic (exact) mass is 260 g/mol. The fourth-order valence-electron chi connectivity index (χ4n) is 1.69. The van der Waals surface area contributed by atoms with Gasteiger partial charge in [0, 0.05) is 36.5 Å². The average molecular weight is 260 g/mol. The Kier molecular flexibility index (Phi) is 4.96. The number of halogens is 2. The quantitative estimate of drug-likeness (QED) is 0.629. The van der Waals surface area contributed by atoms with Crippen LogP contribution < -0.4 is 4.90 Å². The summed E-state index contributed by atoms with van der Waals surface area (Å²) < 4.78 is 25.8. The summed E-state index contributed by atoms with van der Waals surface area (Å²) in [5.74, 6) is 0. The number of nitrogens with zero attached hydrogens (tertiary/aromatic N) is 2. The van der Waals surface area contributed by atoms with E-state index in [0.717, 1.165) is 6.07 Å². The summed E-state index contributed by atoms with van der Waals surface area (Å²) in [4.78, 5) is 11.4. The fourth-order valence-corrected chi connectivity index (χ4v) is 1.69. The second-order valence-electron chi connectivity index (χ2n) is 3.60. The summed E-state index contributed by atoms with van der Waals surface area (Å²) in [6.45, 7) is 2.21. The molecular weight excluding hydrogens is 246 g/mol. The van der Waals surface area contributed by atoms with E-state index in [1.165, 1.54) is 12.1 Å². The topological polar surface area (TPSA) is 66.6 Å². The molecule has 0 fully saturated rings. The Hall–Kier alpha value is -1.76. The lowest BCUT2D eigenvalue weighted by molar-refractivity contribution is -0.385. The maximum absolute atomic E-state index is 12.9. The Labute approximate surface area is 103 Å². The molecule has 0 unspecified atom stereocenters. The van der Waals surface area contributed by atoms with Gasteiger partial charge in [-0.1, -0.05) is 0 Å². The molecule has 0 aliphatic heterocycles. The Balaban J connectivity index is 3.21. The van der Waals surface area contributed by atoms with Crippen LogP contribution in [-0.2, 0) is 0 Å². The highest BCUT2D eigenvalue weighted by Crippen LogP contribution is 2.32. The van der Waals surface area contributed by atoms with Crippen molar-refractivity contribution in [3.63, 3.8) is 0 Å². The van der Waals surface area contributed by atoms with Gasteiger partial charge in [-0.3, -0.25) is 10.1 Å². The Morgan fingerprint density at radius 3 is 2.61 bits per heavy atom. The zero-order valence-electron chi connectivity index (χ0n) is 9.84. The maximum Gasteiger partial charge on any atom is 0.270 e. The molecule has 0 bridgehead atoms. The first kappa shape index (κ1) is 14.3. The number of nitro groups is 1. The van der Waals surface area contributed by atoms with Crippen LogP contribution in [0.2, 0.25) is 0 Å². The number of anilines is 1. The maximum atomic E-state index is 12.9. The van der Waals surface area contributed by atoms with E-state index in [2.05, 4.69) is 0 Å². The molecule has 0 aliphatic carbocycles. The Morgan fingerprint density at radius 2 is 2.17 bits per heavy atom. The van der Waals surface area contributed by atoms with Crippen LogP contribution in [-0.4, -0.2) is 29.7 Å². The van der Waals surface area contributed by atoms with E-state index in [0.29, 0.717) is 6.54 Å². The van der Waals surface area contributed by atoms with Crippen molar-refractivity contribution < 1.29 is 18.8 Å². The molecule has 18 heavy (non-hydrogen) atoms. The van der Waals surface area contributed by atoms with E-state index in [9.17, 15) is 18.9 Å². The molecule has 1 aromatic carbocycles. The molecule has 0 spiro atoms. The molecule has 5 nitrogen and oxygen atoms in total. The van der Waals surface area contributed by atoms with Crippen molar-refractivity contribution in [3.05, 3.63) is 33.9 Å². The first-order valence-electron chi connectivity index (χ1n) is 5.43. The van der Waals surface area contributed by atoms with Gasteiger partial charge in [-0.05, 0) is 13.0 Å².